The zero-order valence-corrected chi connectivity index (χ0v) is 21.9. The van der Waals surface area contributed by atoms with E-state index >= 15 is 0 Å². The molecule has 2 aliphatic heterocycles. The molecule has 0 spiro atoms. The Morgan fingerprint density at radius 2 is 1.94 bits per heavy atom. The number of carbonyl (C=O) groups is 1. The minimum atomic E-state index is -0.302. The van der Waals surface area contributed by atoms with Gasteiger partial charge < -0.3 is 19.4 Å². The monoisotopic (exact) mass is 490 g/mol. The Labute approximate surface area is 213 Å². The molecule has 3 heterocycles. The van der Waals surface area contributed by atoms with E-state index in [1.54, 1.807) is 4.90 Å². The molecular weight excluding hydrogens is 452 g/mol. The van der Waals surface area contributed by atoms with Crippen molar-refractivity contribution < 1.29 is 14.3 Å². The van der Waals surface area contributed by atoms with E-state index in [0.717, 1.165) is 80.0 Å². The van der Waals surface area contributed by atoms with Crippen molar-refractivity contribution in [3.8, 4) is 5.75 Å². The zero-order chi connectivity index (χ0) is 25.2. The van der Waals surface area contributed by atoms with E-state index in [4.69, 9.17) is 14.5 Å². The first-order valence-electron chi connectivity index (χ1n) is 13.3. The number of rotatable bonds is 6. The maximum atomic E-state index is 12.6. The molecule has 7 heteroatoms. The number of aryl methyl sites for hydroxylation is 3. The number of nitrogens with zero attached hydrogens (tertiary/aromatic N) is 3. The van der Waals surface area contributed by atoms with Crippen LogP contribution in [-0.4, -0.2) is 48.0 Å². The SMILES string of the molecule is COC(=O)N1c2ccc3c(nc(CCc4cccc(OC(C)C)c4)n3C3CCNCC3)c2CC[C@@H]1C. The third-order valence-corrected chi connectivity index (χ3v) is 7.48. The molecule has 1 saturated heterocycles. The number of anilines is 1. The molecule has 2 aromatic carbocycles. The molecule has 0 radical (unpaired) electrons. The van der Waals surface area contributed by atoms with Crippen LogP contribution in [0.5, 0.6) is 5.75 Å². The number of ether oxygens (including phenoxy) is 2. The number of hydrogen-bond acceptors (Lipinski definition) is 5. The van der Waals surface area contributed by atoms with Crippen LogP contribution in [0.4, 0.5) is 10.5 Å². The molecule has 0 unspecified atom stereocenters. The smallest absolute Gasteiger partial charge is 0.414 e. The fourth-order valence-corrected chi connectivity index (χ4v) is 5.77. The normalized spacial score (nSPS) is 18.5. The highest BCUT2D eigenvalue weighted by Crippen LogP contribution is 2.38. The van der Waals surface area contributed by atoms with Crippen molar-refractivity contribution in [2.45, 2.75) is 77.5 Å². The van der Waals surface area contributed by atoms with Crippen molar-refractivity contribution in [3.05, 3.63) is 53.3 Å². The second-order valence-electron chi connectivity index (χ2n) is 10.4. The van der Waals surface area contributed by atoms with E-state index in [0.29, 0.717) is 6.04 Å². The van der Waals surface area contributed by atoms with E-state index in [2.05, 4.69) is 61.0 Å². The maximum Gasteiger partial charge on any atom is 0.414 e. The number of benzene rings is 2. The minimum Gasteiger partial charge on any atom is -0.491 e. The van der Waals surface area contributed by atoms with Crippen LogP contribution in [0.25, 0.3) is 11.0 Å². The van der Waals surface area contributed by atoms with Gasteiger partial charge in [-0.3, -0.25) is 4.90 Å². The van der Waals surface area contributed by atoms with Crippen LogP contribution >= 0.6 is 0 Å². The fraction of sp³-hybridized carbons (Fsp3) is 0.517. The van der Waals surface area contributed by atoms with Gasteiger partial charge in [-0.2, -0.15) is 0 Å². The summed E-state index contributed by atoms with van der Waals surface area (Å²) in [4.78, 5) is 19.7. The summed E-state index contributed by atoms with van der Waals surface area (Å²) in [7, 11) is 1.45. The van der Waals surface area contributed by atoms with Gasteiger partial charge in [0.05, 0.1) is 29.9 Å². The van der Waals surface area contributed by atoms with Gasteiger partial charge in [0.1, 0.15) is 11.6 Å². The maximum absolute atomic E-state index is 12.6. The Hall–Kier alpha value is -3.06. The lowest BCUT2D eigenvalue weighted by atomic mass is 9.95. The van der Waals surface area contributed by atoms with Crippen molar-refractivity contribution in [1.29, 1.82) is 0 Å². The number of aromatic nitrogens is 2. The number of piperidine rings is 1. The molecule has 1 fully saturated rings. The number of carbonyl (C=O) groups excluding carboxylic acids is 1. The summed E-state index contributed by atoms with van der Waals surface area (Å²) in [6.07, 6.45) is 5.62. The summed E-state index contributed by atoms with van der Waals surface area (Å²) >= 11 is 0. The molecule has 1 aromatic heterocycles. The molecule has 1 atom stereocenters. The van der Waals surface area contributed by atoms with Gasteiger partial charge in [-0.1, -0.05) is 12.1 Å². The summed E-state index contributed by atoms with van der Waals surface area (Å²) in [5.41, 5.74) is 5.58. The van der Waals surface area contributed by atoms with Crippen molar-refractivity contribution in [2.24, 2.45) is 0 Å². The molecule has 1 N–H and O–H groups in total. The van der Waals surface area contributed by atoms with Crippen LogP contribution in [0.2, 0.25) is 0 Å². The number of imidazole rings is 1. The summed E-state index contributed by atoms with van der Waals surface area (Å²) in [6.45, 7) is 8.24. The Balaban J connectivity index is 1.53. The summed E-state index contributed by atoms with van der Waals surface area (Å²) in [5.74, 6) is 2.05. The van der Waals surface area contributed by atoms with Gasteiger partial charge >= 0.3 is 6.09 Å². The van der Waals surface area contributed by atoms with E-state index in [-0.39, 0.29) is 18.2 Å². The Bertz CT molecular complexity index is 1230. The minimum absolute atomic E-state index is 0.105. The average Bonchev–Trinajstić information content (AvgIpc) is 3.26. The highest BCUT2D eigenvalue weighted by Gasteiger charge is 2.32. The molecule has 7 nitrogen and oxygen atoms in total. The van der Waals surface area contributed by atoms with Gasteiger partial charge in [-0.05, 0) is 95.8 Å². The Morgan fingerprint density at radius 1 is 1.14 bits per heavy atom. The lowest BCUT2D eigenvalue weighted by Gasteiger charge is -2.34. The standard InChI is InChI=1S/C29H38N4O3/c1-19(2)36-23-7-5-6-21(18-23)9-13-27-31-28-24-10-8-20(3)32(29(34)35-4)25(24)11-12-26(28)33(27)22-14-16-30-17-15-22/h5-7,11-12,18-20,22,30H,8-10,13-17H2,1-4H3/t20-/m0/s1. The van der Waals surface area contributed by atoms with Crippen LogP contribution in [0.3, 0.4) is 0 Å². The largest absolute Gasteiger partial charge is 0.491 e. The van der Waals surface area contributed by atoms with Crippen molar-refractivity contribution in [3.63, 3.8) is 0 Å². The van der Waals surface area contributed by atoms with Gasteiger partial charge in [0, 0.05) is 24.1 Å². The Kier molecular flexibility index (Phi) is 7.19. The molecule has 0 aliphatic carbocycles. The number of hydrogen-bond donors (Lipinski definition) is 1. The molecule has 1 amide bonds. The first kappa shape index (κ1) is 24.6. The summed E-state index contributed by atoms with van der Waals surface area (Å²) in [5, 5.41) is 3.50. The van der Waals surface area contributed by atoms with Gasteiger partial charge in [0.2, 0.25) is 0 Å². The summed E-state index contributed by atoms with van der Waals surface area (Å²) in [6, 6.07) is 13.2. The van der Waals surface area contributed by atoms with Crippen LogP contribution < -0.4 is 15.0 Å². The fourth-order valence-electron chi connectivity index (χ4n) is 5.77. The average molecular weight is 491 g/mol. The molecule has 3 aromatic rings. The molecule has 192 valence electrons. The topological polar surface area (TPSA) is 68.6 Å². The van der Waals surface area contributed by atoms with Crippen molar-refractivity contribution in [2.75, 3.05) is 25.1 Å². The lowest BCUT2D eigenvalue weighted by Crippen LogP contribution is -2.42. The van der Waals surface area contributed by atoms with Crippen LogP contribution in [0.15, 0.2) is 36.4 Å². The van der Waals surface area contributed by atoms with E-state index in [1.165, 1.54) is 18.2 Å². The number of nitrogens with one attached hydrogen (secondary N) is 1. The van der Waals surface area contributed by atoms with Gasteiger partial charge in [0.25, 0.3) is 0 Å². The van der Waals surface area contributed by atoms with Crippen molar-refractivity contribution >= 4 is 22.8 Å². The van der Waals surface area contributed by atoms with Gasteiger partial charge in [-0.25, -0.2) is 9.78 Å². The predicted octanol–water partition coefficient (Wildman–Crippen LogP) is 5.44. The molecule has 36 heavy (non-hydrogen) atoms. The molecular formula is C29H38N4O3. The zero-order valence-electron chi connectivity index (χ0n) is 21.9. The number of methoxy groups -OCH3 is 1. The number of fused-ring (bicyclic) bond motifs is 3. The van der Waals surface area contributed by atoms with Crippen LogP contribution in [-0.2, 0) is 24.0 Å². The first-order valence-corrected chi connectivity index (χ1v) is 13.3. The lowest BCUT2D eigenvalue weighted by molar-refractivity contribution is 0.175. The van der Waals surface area contributed by atoms with Crippen molar-refractivity contribution in [1.82, 2.24) is 14.9 Å². The molecule has 0 saturated carbocycles. The van der Waals surface area contributed by atoms with Gasteiger partial charge in [0.15, 0.2) is 0 Å². The van der Waals surface area contributed by atoms with Crippen LogP contribution in [0, 0.1) is 0 Å². The van der Waals surface area contributed by atoms with E-state index < -0.39 is 0 Å². The van der Waals surface area contributed by atoms with E-state index in [9.17, 15) is 4.79 Å². The van der Waals surface area contributed by atoms with Crippen LogP contribution in [0.1, 0.15) is 63.0 Å². The second-order valence-corrected chi connectivity index (χ2v) is 10.4. The highest BCUT2D eigenvalue weighted by atomic mass is 16.5. The predicted molar refractivity (Wildman–Crippen MR) is 143 cm³/mol. The summed E-state index contributed by atoms with van der Waals surface area (Å²) < 4.78 is 13.5. The third kappa shape index (κ3) is 4.81. The highest BCUT2D eigenvalue weighted by molar-refractivity contribution is 5.95. The first-order chi connectivity index (χ1) is 17.5. The molecule has 0 bridgehead atoms. The molecule has 5 rings (SSSR count). The quantitative estimate of drug-likeness (QED) is 0.498. The Morgan fingerprint density at radius 3 is 2.69 bits per heavy atom. The number of amides is 1. The van der Waals surface area contributed by atoms with Gasteiger partial charge in [-0.15, -0.1) is 0 Å². The third-order valence-electron chi connectivity index (χ3n) is 7.48. The van der Waals surface area contributed by atoms with E-state index in [1.807, 2.05) is 6.07 Å². The second kappa shape index (κ2) is 10.5. The molecule has 2 aliphatic rings.